The summed E-state index contributed by atoms with van der Waals surface area (Å²) in [5.74, 6) is -0.0231. The Morgan fingerprint density at radius 1 is 0.857 bits per heavy atom. The van der Waals surface area contributed by atoms with Crippen molar-refractivity contribution in [2.75, 3.05) is 25.0 Å². The van der Waals surface area contributed by atoms with Gasteiger partial charge in [0.1, 0.15) is 0 Å². The van der Waals surface area contributed by atoms with Gasteiger partial charge in [0, 0.05) is 25.7 Å². The van der Waals surface area contributed by atoms with Crippen LogP contribution in [-0.4, -0.2) is 30.4 Å². The summed E-state index contributed by atoms with van der Waals surface area (Å²) >= 11 is 0. The van der Waals surface area contributed by atoms with Crippen LogP contribution in [0.1, 0.15) is 54.0 Å². The van der Waals surface area contributed by atoms with Crippen molar-refractivity contribution in [1.29, 1.82) is 0 Å². The third-order valence-electron chi connectivity index (χ3n) is 6.90. The van der Waals surface area contributed by atoms with Crippen LogP contribution in [0.5, 0.6) is 0 Å². The van der Waals surface area contributed by atoms with Gasteiger partial charge < -0.3 is 10.2 Å². The van der Waals surface area contributed by atoms with Gasteiger partial charge in [-0.25, -0.2) is 0 Å². The number of nitrogens with one attached hydrogen (secondary N) is 1. The lowest BCUT2D eigenvalue weighted by molar-refractivity contribution is -0.114. The summed E-state index contributed by atoms with van der Waals surface area (Å²) in [4.78, 5) is 13.9. The van der Waals surface area contributed by atoms with E-state index in [1.54, 1.807) is 12.5 Å². The lowest BCUT2D eigenvalue weighted by Gasteiger charge is -2.30. The highest BCUT2D eigenvalue weighted by atomic mass is 35.5. The zero-order chi connectivity index (χ0) is 23.3. The van der Waals surface area contributed by atoms with Crippen LogP contribution in [0.25, 0.3) is 17.7 Å². The van der Waals surface area contributed by atoms with Crippen LogP contribution in [0.4, 0.5) is 5.69 Å². The van der Waals surface area contributed by atoms with Crippen molar-refractivity contribution in [2.24, 2.45) is 0 Å². The number of amides is 1. The Morgan fingerprint density at radius 2 is 1.49 bits per heavy atom. The lowest BCUT2D eigenvalue weighted by Crippen LogP contribution is -2.32. The van der Waals surface area contributed by atoms with E-state index in [-0.39, 0.29) is 18.3 Å². The number of nitrogens with zero attached hydrogens (tertiary/aromatic N) is 1. The predicted octanol–water partition coefficient (Wildman–Crippen LogP) is 7.08. The third kappa shape index (κ3) is 5.93. The Bertz CT molecular complexity index is 1200. The Balaban J connectivity index is 0.00000289. The number of benzene rings is 3. The topological polar surface area (TPSA) is 32.3 Å². The van der Waals surface area contributed by atoms with E-state index in [9.17, 15) is 4.79 Å². The molecule has 0 spiro atoms. The number of fused-ring (bicyclic) bond motifs is 2. The van der Waals surface area contributed by atoms with Gasteiger partial charge in [0.25, 0.3) is 0 Å². The van der Waals surface area contributed by atoms with Gasteiger partial charge in [0.05, 0.1) is 0 Å². The van der Waals surface area contributed by atoms with Crippen LogP contribution in [0.15, 0.2) is 78.4 Å². The van der Waals surface area contributed by atoms with Crippen LogP contribution >= 0.6 is 12.4 Å². The first-order valence-electron chi connectivity index (χ1n) is 12.4. The maximum atomic E-state index is 11.3. The highest BCUT2D eigenvalue weighted by molar-refractivity contribution is 5.95. The number of carbonyl (C=O) groups excluding carboxylic acids is 1. The molecule has 1 fully saturated rings. The van der Waals surface area contributed by atoms with E-state index in [2.05, 4.69) is 83.0 Å². The largest absolute Gasteiger partial charge is 0.326 e. The maximum Gasteiger partial charge on any atom is 0.221 e. The molecule has 3 nitrogen and oxygen atoms in total. The minimum Gasteiger partial charge on any atom is -0.326 e. The standard InChI is InChI=1S/C31H32N2O.ClH/c1-23(34)32-28-12-6-8-24(22-28)9-7-19-33-20-17-27(18-21-33)31-29-13-4-2-10-25(29)15-16-26-11-3-5-14-30(26)31;/h2-6,8,10-16,22H,7,9,17-21H2,1H3,(H,32,34);1H. The number of hydrogen-bond donors (Lipinski definition) is 1. The minimum atomic E-state index is -0.0231. The number of halogens is 1. The Kier molecular flexibility index (Phi) is 8.22. The molecule has 35 heavy (non-hydrogen) atoms. The maximum absolute atomic E-state index is 11.3. The molecule has 1 amide bonds. The van der Waals surface area contributed by atoms with Gasteiger partial charge in [0.15, 0.2) is 0 Å². The molecule has 1 aliphatic heterocycles. The second-order valence-electron chi connectivity index (χ2n) is 9.31. The summed E-state index contributed by atoms with van der Waals surface area (Å²) in [5, 5.41) is 2.88. The van der Waals surface area contributed by atoms with Gasteiger partial charge in [-0.15, -0.1) is 12.4 Å². The highest BCUT2D eigenvalue weighted by Crippen LogP contribution is 2.38. The van der Waals surface area contributed by atoms with E-state index < -0.39 is 0 Å². The van der Waals surface area contributed by atoms with Crippen molar-refractivity contribution in [3.63, 3.8) is 0 Å². The fourth-order valence-electron chi connectivity index (χ4n) is 5.26. The summed E-state index contributed by atoms with van der Waals surface area (Å²) in [5.41, 5.74) is 10.6. The molecule has 0 bridgehead atoms. The smallest absolute Gasteiger partial charge is 0.221 e. The fraction of sp³-hybridized carbons (Fsp3) is 0.258. The van der Waals surface area contributed by atoms with Crippen molar-refractivity contribution < 1.29 is 4.79 Å². The molecule has 2 aliphatic rings. The van der Waals surface area contributed by atoms with Crippen molar-refractivity contribution in [3.05, 3.63) is 106 Å². The minimum absolute atomic E-state index is 0. The van der Waals surface area contributed by atoms with Gasteiger partial charge in [-0.2, -0.15) is 0 Å². The molecule has 4 heteroatoms. The zero-order valence-corrected chi connectivity index (χ0v) is 21.1. The second-order valence-corrected chi connectivity index (χ2v) is 9.31. The molecule has 180 valence electrons. The number of hydrogen-bond acceptors (Lipinski definition) is 2. The molecule has 1 saturated heterocycles. The average Bonchev–Trinajstić information content (AvgIpc) is 3.01. The molecular formula is C31H33ClN2O. The molecule has 1 N–H and O–H groups in total. The molecule has 0 atom stereocenters. The first-order valence-corrected chi connectivity index (χ1v) is 12.4. The predicted molar refractivity (Wildman–Crippen MR) is 150 cm³/mol. The molecule has 0 saturated carbocycles. The first kappa shape index (κ1) is 25.0. The third-order valence-corrected chi connectivity index (χ3v) is 6.90. The van der Waals surface area contributed by atoms with E-state index >= 15 is 0 Å². The number of likely N-dealkylation sites (tertiary alicyclic amines) is 1. The number of carbonyl (C=O) groups is 1. The summed E-state index contributed by atoms with van der Waals surface area (Å²) < 4.78 is 0. The molecule has 1 heterocycles. The second kappa shape index (κ2) is 11.5. The van der Waals surface area contributed by atoms with Crippen LogP contribution in [-0.2, 0) is 11.2 Å². The number of anilines is 1. The molecule has 5 rings (SSSR count). The normalized spacial score (nSPS) is 15.0. The monoisotopic (exact) mass is 484 g/mol. The van der Waals surface area contributed by atoms with Crippen LogP contribution in [0.2, 0.25) is 0 Å². The number of rotatable bonds is 5. The van der Waals surface area contributed by atoms with Crippen molar-refractivity contribution >= 4 is 41.7 Å². The van der Waals surface area contributed by atoms with Gasteiger partial charge >= 0.3 is 0 Å². The summed E-state index contributed by atoms with van der Waals surface area (Å²) in [6.07, 6.45) is 8.93. The molecule has 3 aromatic carbocycles. The Labute approximate surface area is 215 Å². The molecule has 3 aromatic rings. The Hall–Kier alpha value is -3.14. The highest BCUT2D eigenvalue weighted by Gasteiger charge is 2.22. The van der Waals surface area contributed by atoms with E-state index in [1.165, 1.54) is 33.4 Å². The van der Waals surface area contributed by atoms with E-state index in [4.69, 9.17) is 0 Å². The first-order chi connectivity index (χ1) is 16.7. The Morgan fingerprint density at radius 3 is 2.11 bits per heavy atom. The zero-order valence-electron chi connectivity index (χ0n) is 20.3. The SMILES string of the molecule is CC(=O)Nc1cccc(CCCN2CCC(=C3c4ccccc4C=Cc4ccccc43)CC2)c1.Cl. The molecule has 0 unspecified atom stereocenters. The fourth-order valence-corrected chi connectivity index (χ4v) is 5.26. The van der Waals surface area contributed by atoms with E-state index in [0.717, 1.165) is 51.0 Å². The van der Waals surface area contributed by atoms with Gasteiger partial charge in [0.2, 0.25) is 5.91 Å². The van der Waals surface area contributed by atoms with Crippen molar-refractivity contribution in [3.8, 4) is 0 Å². The summed E-state index contributed by atoms with van der Waals surface area (Å²) in [6.45, 7) is 4.89. The molecule has 0 aromatic heterocycles. The summed E-state index contributed by atoms with van der Waals surface area (Å²) in [7, 11) is 0. The van der Waals surface area contributed by atoms with E-state index in [0.29, 0.717) is 0 Å². The quantitative estimate of drug-likeness (QED) is 0.328. The summed E-state index contributed by atoms with van der Waals surface area (Å²) in [6, 6.07) is 25.8. The average molecular weight is 485 g/mol. The van der Waals surface area contributed by atoms with Crippen LogP contribution in [0, 0.1) is 0 Å². The lowest BCUT2D eigenvalue weighted by atomic mass is 9.86. The molecule has 0 radical (unpaired) electrons. The molecular weight excluding hydrogens is 452 g/mol. The van der Waals surface area contributed by atoms with Gasteiger partial charge in [-0.05, 0) is 77.8 Å². The molecule has 1 aliphatic carbocycles. The number of piperidine rings is 1. The van der Waals surface area contributed by atoms with E-state index in [1.807, 2.05) is 12.1 Å². The van der Waals surface area contributed by atoms with Crippen LogP contribution < -0.4 is 5.32 Å². The van der Waals surface area contributed by atoms with Crippen LogP contribution in [0.3, 0.4) is 0 Å². The number of aryl methyl sites for hydroxylation is 1. The van der Waals surface area contributed by atoms with Gasteiger partial charge in [-0.3, -0.25) is 4.79 Å². The van der Waals surface area contributed by atoms with Crippen molar-refractivity contribution in [2.45, 2.75) is 32.6 Å². The van der Waals surface area contributed by atoms with Gasteiger partial charge in [-0.1, -0.05) is 78.4 Å². The van der Waals surface area contributed by atoms with Crippen molar-refractivity contribution in [1.82, 2.24) is 4.90 Å².